The van der Waals surface area contributed by atoms with Crippen LogP contribution in [0.2, 0.25) is 0 Å². The Bertz CT molecular complexity index is 873. The summed E-state index contributed by atoms with van der Waals surface area (Å²) in [5.74, 6) is 2.16. The van der Waals surface area contributed by atoms with Crippen molar-refractivity contribution in [2.45, 2.75) is 19.1 Å². The van der Waals surface area contributed by atoms with Crippen molar-refractivity contribution in [2.75, 3.05) is 33.3 Å². The first-order valence-electron chi connectivity index (χ1n) is 9.39. The summed E-state index contributed by atoms with van der Waals surface area (Å²) >= 11 is 1.77. The second-order valence-electron chi connectivity index (χ2n) is 6.74. The van der Waals surface area contributed by atoms with Crippen LogP contribution in [0.4, 0.5) is 0 Å². The number of guanidine groups is 1. The van der Waals surface area contributed by atoms with Gasteiger partial charge in [0.25, 0.3) is 0 Å². The zero-order valence-corrected chi connectivity index (χ0v) is 19.4. The Hall–Kier alpha value is -2.01. The van der Waals surface area contributed by atoms with Gasteiger partial charge < -0.3 is 25.0 Å². The van der Waals surface area contributed by atoms with E-state index in [-0.39, 0.29) is 42.5 Å². The molecule has 7 nitrogen and oxygen atoms in total. The Morgan fingerprint density at radius 2 is 2.10 bits per heavy atom. The van der Waals surface area contributed by atoms with Crippen molar-refractivity contribution < 1.29 is 14.3 Å². The van der Waals surface area contributed by atoms with Crippen LogP contribution in [0, 0.1) is 0 Å². The lowest BCUT2D eigenvalue weighted by Crippen LogP contribution is -2.48. The maximum Gasteiger partial charge on any atom is 0.242 e. The van der Waals surface area contributed by atoms with Gasteiger partial charge in [-0.15, -0.1) is 35.3 Å². The van der Waals surface area contributed by atoms with Gasteiger partial charge in [0.2, 0.25) is 5.91 Å². The summed E-state index contributed by atoms with van der Waals surface area (Å²) in [7, 11) is 1.69. The molecule has 0 bridgehead atoms. The minimum atomic E-state index is -0.122. The predicted molar refractivity (Wildman–Crippen MR) is 125 cm³/mol. The van der Waals surface area contributed by atoms with E-state index >= 15 is 0 Å². The quantitative estimate of drug-likeness (QED) is 0.362. The lowest BCUT2D eigenvalue weighted by Gasteiger charge is -2.28. The SMILES string of the molecule is CN=C(NCC(=O)N1CCc2sccc2C1)NCC1COc2ccccc2O1.I. The first-order valence-corrected chi connectivity index (χ1v) is 10.3. The molecular formula is C20H25IN4O3S. The summed E-state index contributed by atoms with van der Waals surface area (Å²) in [5, 5.41) is 8.40. The van der Waals surface area contributed by atoms with E-state index in [2.05, 4.69) is 27.1 Å². The largest absolute Gasteiger partial charge is 0.486 e. The highest BCUT2D eigenvalue weighted by Crippen LogP contribution is 2.30. The second kappa shape index (κ2) is 10.1. The third-order valence-electron chi connectivity index (χ3n) is 4.86. The van der Waals surface area contributed by atoms with Crippen LogP contribution >= 0.6 is 35.3 Å². The number of hydrogen-bond acceptors (Lipinski definition) is 5. The van der Waals surface area contributed by atoms with Gasteiger partial charge in [0, 0.05) is 25.0 Å². The number of carbonyl (C=O) groups excluding carboxylic acids is 1. The topological polar surface area (TPSA) is 75.2 Å². The molecule has 0 radical (unpaired) electrons. The van der Waals surface area contributed by atoms with Crippen molar-refractivity contribution in [1.82, 2.24) is 15.5 Å². The number of benzene rings is 1. The summed E-state index contributed by atoms with van der Waals surface area (Å²) < 4.78 is 11.6. The number of rotatable bonds is 4. The van der Waals surface area contributed by atoms with Crippen LogP contribution in [0.5, 0.6) is 11.5 Å². The van der Waals surface area contributed by atoms with Crippen LogP contribution in [-0.4, -0.2) is 56.2 Å². The summed E-state index contributed by atoms with van der Waals surface area (Å²) in [6, 6.07) is 9.74. The maximum atomic E-state index is 12.5. The van der Waals surface area contributed by atoms with Gasteiger partial charge in [0.1, 0.15) is 12.7 Å². The molecule has 2 aromatic rings. The molecule has 1 unspecified atom stereocenters. The summed E-state index contributed by atoms with van der Waals surface area (Å²) in [6.07, 6.45) is 0.815. The highest BCUT2D eigenvalue weighted by Gasteiger charge is 2.23. The monoisotopic (exact) mass is 528 g/mol. The Balaban J connectivity index is 0.00000240. The van der Waals surface area contributed by atoms with Crippen LogP contribution in [-0.2, 0) is 17.8 Å². The number of amides is 1. The zero-order chi connectivity index (χ0) is 19.3. The number of carbonyl (C=O) groups is 1. The van der Waals surface area contributed by atoms with Crippen LogP contribution in [0.15, 0.2) is 40.7 Å². The number of nitrogens with zero attached hydrogens (tertiary/aromatic N) is 2. The molecule has 0 fully saturated rings. The Morgan fingerprint density at radius 1 is 1.28 bits per heavy atom. The van der Waals surface area contributed by atoms with E-state index in [4.69, 9.17) is 9.47 Å². The molecule has 29 heavy (non-hydrogen) atoms. The van der Waals surface area contributed by atoms with Crippen molar-refractivity contribution in [3.8, 4) is 11.5 Å². The first-order chi connectivity index (χ1) is 13.7. The van der Waals surface area contributed by atoms with Gasteiger partial charge in [0.15, 0.2) is 17.5 Å². The summed E-state index contributed by atoms with van der Waals surface area (Å²) in [4.78, 5) is 20.0. The van der Waals surface area contributed by atoms with Crippen molar-refractivity contribution in [3.05, 3.63) is 46.2 Å². The third-order valence-corrected chi connectivity index (χ3v) is 5.88. The van der Waals surface area contributed by atoms with E-state index < -0.39 is 0 Å². The van der Waals surface area contributed by atoms with Crippen LogP contribution in [0.3, 0.4) is 0 Å². The number of fused-ring (bicyclic) bond motifs is 2. The molecule has 2 aliphatic rings. The Labute approximate surface area is 191 Å². The number of halogens is 1. The highest BCUT2D eigenvalue weighted by atomic mass is 127. The molecule has 0 aliphatic carbocycles. The fourth-order valence-corrected chi connectivity index (χ4v) is 4.22. The molecule has 1 aromatic heterocycles. The van der Waals surface area contributed by atoms with E-state index in [1.807, 2.05) is 29.2 Å². The van der Waals surface area contributed by atoms with Gasteiger partial charge in [-0.2, -0.15) is 0 Å². The summed E-state index contributed by atoms with van der Waals surface area (Å²) in [6.45, 7) is 2.68. The van der Waals surface area contributed by atoms with Gasteiger partial charge in [-0.05, 0) is 35.6 Å². The number of hydrogen-bond donors (Lipinski definition) is 2. The molecular weight excluding hydrogens is 503 g/mol. The lowest BCUT2D eigenvalue weighted by molar-refractivity contribution is -0.130. The second-order valence-corrected chi connectivity index (χ2v) is 7.74. The van der Waals surface area contributed by atoms with Gasteiger partial charge in [-0.3, -0.25) is 9.79 Å². The fourth-order valence-electron chi connectivity index (χ4n) is 3.33. The average molecular weight is 528 g/mol. The number of ether oxygens (including phenoxy) is 2. The van der Waals surface area contributed by atoms with Crippen LogP contribution < -0.4 is 20.1 Å². The minimum absolute atomic E-state index is 0. The van der Waals surface area contributed by atoms with Gasteiger partial charge in [-0.25, -0.2) is 0 Å². The fraction of sp³-hybridized carbons (Fsp3) is 0.400. The highest BCUT2D eigenvalue weighted by molar-refractivity contribution is 14.0. The molecule has 9 heteroatoms. The summed E-state index contributed by atoms with van der Waals surface area (Å²) in [5.41, 5.74) is 1.27. The van der Waals surface area contributed by atoms with E-state index in [1.54, 1.807) is 18.4 Å². The molecule has 2 aliphatic heterocycles. The molecule has 3 heterocycles. The molecule has 2 N–H and O–H groups in total. The normalized spacial score (nSPS) is 17.8. The van der Waals surface area contributed by atoms with Crippen molar-refractivity contribution in [1.29, 1.82) is 0 Å². The van der Waals surface area contributed by atoms with E-state index in [0.29, 0.717) is 25.7 Å². The van der Waals surface area contributed by atoms with E-state index in [9.17, 15) is 4.79 Å². The van der Waals surface area contributed by atoms with Gasteiger partial charge in [0.05, 0.1) is 13.1 Å². The van der Waals surface area contributed by atoms with E-state index in [1.165, 1.54) is 10.4 Å². The molecule has 0 saturated carbocycles. The van der Waals surface area contributed by atoms with Gasteiger partial charge in [-0.1, -0.05) is 12.1 Å². The predicted octanol–water partition coefficient (Wildman–Crippen LogP) is 2.26. The van der Waals surface area contributed by atoms with Crippen molar-refractivity contribution in [2.24, 2.45) is 4.99 Å². The maximum absolute atomic E-state index is 12.5. The Kier molecular flexibility index (Phi) is 7.59. The first kappa shape index (κ1) is 21.7. The minimum Gasteiger partial charge on any atom is -0.486 e. The molecule has 1 amide bonds. The average Bonchev–Trinajstić information content (AvgIpc) is 3.21. The third kappa shape index (κ3) is 5.33. The van der Waals surface area contributed by atoms with Crippen LogP contribution in [0.1, 0.15) is 10.4 Å². The van der Waals surface area contributed by atoms with Crippen molar-refractivity contribution >= 4 is 47.2 Å². The van der Waals surface area contributed by atoms with Gasteiger partial charge >= 0.3 is 0 Å². The molecule has 1 atom stereocenters. The number of thiophene rings is 1. The smallest absolute Gasteiger partial charge is 0.242 e. The van der Waals surface area contributed by atoms with Crippen molar-refractivity contribution in [3.63, 3.8) is 0 Å². The number of aliphatic imine (C=N–C) groups is 1. The standard InChI is InChI=1S/C20H24N4O3S.HI/c1-21-20(22-10-15-13-26-16-4-2-3-5-17(16)27-15)23-11-19(25)24-8-6-18-14(12-24)7-9-28-18;/h2-5,7,9,15H,6,8,10-13H2,1H3,(H2,21,22,23);1H. The Morgan fingerprint density at radius 3 is 2.93 bits per heavy atom. The lowest BCUT2D eigenvalue weighted by atomic mass is 10.1. The molecule has 0 spiro atoms. The van der Waals surface area contributed by atoms with Crippen LogP contribution in [0.25, 0.3) is 0 Å². The molecule has 1 aromatic carbocycles. The molecule has 0 saturated heterocycles. The molecule has 4 rings (SSSR count). The van der Waals surface area contributed by atoms with E-state index in [0.717, 1.165) is 24.5 Å². The molecule has 156 valence electrons. The zero-order valence-electron chi connectivity index (χ0n) is 16.2. The number of para-hydroxylation sites is 2. The number of nitrogens with one attached hydrogen (secondary N) is 2.